The Morgan fingerprint density at radius 2 is 1.92 bits per heavy atom. The highest BCUT2D eigenvalue weighted by atomic mass is 79.9. The van der Waals surface area contributed by atoms with E-state index in [2.05, 4.69) is 33.1 Å². The Bertz CT molecular complexity index is 793. The Morgan fingerprint density at radius 1 is 1.12 bits per heavy atom. The summed E-state index contributed by atoms with van der Waals surface area (Å²) in [6, 6.07) is 12.5. The highest BCUT2D eigenvalue weighted by Gasteiger charge is 2.13. The molecule has 0 bridgehead atoms. The normalized spacial score (nSPS) is 11.4. The average Bonchev–Trinajstić information content (AvgIpc) is 3.06. The minimum atomic E-state index is -0.159. The van der Waals surface area contributed by atoms with Crippen molar-refractivity contribution in [3.63, 3.8) is 0 Å². The highest BCUT2D eigenvalue weighted by Crippen LogP contribution is 2.34. The minimum Gasteiger partial charge on any atom is -0.481 e. The second kappa shape index (κ2) is 7.75. The van der Waals surface area contributed by atoms with E-state index >= 15 is 0 Å². The minimum absolute atomic E-state index is 0.159. The lowest BCUT2D eigenvalue weighted by molar-refractivity contribution is 0.0958. The van der Waals surface area contributed by atoms with Crippen LogP contribution in [0.1, 0.15) is 10.4 Å². The maximum absolute atomic E-state index is 11.9. The monoisotopic (exact) mass is 387 g/mol. The van der Waals surface area contributed by atoms with Gasteiger partial charge in [0.05, 0.1) is 6.54 Å². The topological polar surface area (TPSA) is 56.8 Å². The number of carbonyl (C=O) groups excluding carboxylic acids is 1. The predicted octanol–water partition coefficient (Wildman–Crippen LogP) is 2.99. The number of fused-ring (bicyclic) bond motifs is 1. The fourth-order valence-electron chi connectivity index (χ4n) is 2.03. The van der Waals surface area contributed by atoms with Crippen molar-refractivity contribution < 1.29 is 19.0 Å². The van der Waals surface area contributed by atoms with E-state index in [0.717, 1.165) is 4.47 Å². The molecule has 0 radical (unpaired) electrons. The largest absolute Gasteiger partial charge is 0.481 e. The van der Waals surface area contributed by atoms with E-state index in [4.69, 9.17) is 14.2 Å². The molecule has 0 atom stereocenters. The Morgan fingerprint density at radius 3 is 2.75 bits per heavy atom. The summed E-state index contributed by atoms with van der Waals surface area (Å²) >= 11 is 3.33. The van der Waals surface area contributed by atoms with Crippen molar-refractivity contribution in [3.8, 4) is 29.1 Å². The Hall–Kier alpha value is -2.65. The van der Waals surface area contributed by atoms with Crippen LogP contribution >= 0.6 is 15.9 Å². The average molecular weight is 388 g/mol. The van der Waals surface area contributed by atoms with E-state index in [1.165, 1.54) is 0 Å². The summed E-state index contributed by atoms with van der Waals surface area (Å²) in [5.74, 6) is 7.58. The van der Waals surface area contributed by atoms with Gasteiger partial charge in [0.1, 0.15) is 12.4 Å². The standard InChI is InChI=1S/C18H14BrNO4/c19-14-5-3-13(4-6-14)18(21)20-9-1-2-10-22-15-7-8-16-17(11-15)24-12-23-16/h3-8,11H,9-10,12H2,(H,20,21). The third kappa shape index (κ3) is 4.21. The molecular formula is C18H14BrNO4. The van der Waals surface area contributed by atoms with Gasteiger partial charge < -0.3 is 19.5 Å². The predicted molar refractivity (Wildman–Crippen MR) is 92.3 cm³/mol. The van der Waals surface area contributed by atoms with Crippen molar-refractivity contribution in [2.45, 2.75) is 0 Å². The Kier molecular flexibility index (Phi) is 5.24. The van der Waals surface area contributed by atoms with Crippen LogP contribution in [0, 0.1) is 11.8 Å². The van der Waals surface area contributed by atoms with E-state index in [1.54, 1.807) is 30.3 Å². The third-order valence-electron chi connectivity index (χ3n) is 3.22. The van der Waals surface area contributed by atoms with Crippen LogP contribution in [-0.2, 0) is 0 Å². The van der Waals surface area contributed by atoms with Gasteiger partial charge in [-0.15, -0.1) is 0 Å². The highest BCUT2D eigenvalue weighted by molar-refractivity contribution is 9.10. The van der Waals surface area contributed by atoms with Gasteiger partial charge >= 0.3 is 0 Å². The van der Waals surface area contributed by atoms with Crippen LogP contribution < -0.4 is 19.5 Å². The Balaban J connectivity index is 1.42. The van der Waals surface area contributed by atoms with Crippen molar-refractivity contribution in [2.75, 3.05) is 19.9 Å². The van der Waals surface area contributed by atoms with Crippen molar-refractivity contribution >= 4 is 21.8 Å². The summed E-state index contributed by atoms with van der Waals surface area (Å²) in [6.45, 7) is 0.726. The van der Waals surface area contributed by atoms with Gasteiger partial charge in [0.2, 0.25) is 6.79 Å². The summed E-state index contributed by atoms with van der Waals surface area (Å²) in [7, 11) is 0. The molecule has 0 saturated carbocycles. The first-order chi connectivity index (χ1) is 11.7. The lowest BCUT2D eigenvalue weighted by atomic mass is 10.2. The molecule has 122 valence electrons. The van der Waals surface area contributed by atoms with Crippen LogP contribution in [0.15, 0.2) is 46.9 Å². The molecule has 0 saturated heterocycles. The lowest BCUT2D eigenvalue weighted by Crippen LogP contribution is -2.23. The molecule has 0 spiro atoms. The number of amides is 1. The zero-order valence-electron chi connectivity index (χ0n) is 12.7. The van der Waals surface area contributed by atoms with Crippen LogP contribution in [0.4, 0.5) is 0 Å². The van der Waals surface area contributed by atoms with Crippen molar-refractivity contribution in [1.29, 1.82) is 0 Å². The maximum atomic E-state index is 11.9. The molecule has 1 N–H and O–H groups in total. The van der Waals surface area contributed by atoms with E-state index in [9.17, 15) is 4.79 Å². The Labute approximate surface area is 148 Å². The van der Waals surface area contributed by atoms with Gasteiger partial charge in [0, 0.05) is 16.1 Å². The second-order valence-corrected chi connectivity index (χ2v) is 5.76. The van der Waals surface area contributed by atoms with Crippen LogP contribution in [0.25, 0.3) is 0 Å². The molecule has 0 aliphatic carbocycles. The zero-order valence-corrected chi connectivity index (χ0v) is 14.3. The molecule has 1 heterocycles. The van der Waals surface area contributed by atoms with Gasteiger partial charge in [0.25, 0.3) is 5.91 Å². The number of nitrogens with one attached hydrogen (secondary N) is 1. The molecule has 2 aromatic rings. The summed E-state index contributed by atoms with van der Waals surface area (Å²) in [6.07, 6.45) is 0. The maximum Gasteiger partial charge on any atom is 0.252 e. The summed E-state index contributed by atoms with van der Waals surface area (Å²) in [5, 5.41) is 2.73. The van der Waals surface area contributed by atoms with Gasteiger partial charge in [-0.2, -0.15) is 0 Å². The van der Waals surface area contributed by atoms with Gasteiger partial charge in [-0.25, -0.2) is 0 Å². The molecule has 0 aromatic heterocycles. The number of rotatable bonds is 4. The smallest absolute Gasteiger partial charge is 0.252 e. The molecule has 24 heavy (non-hydrogen) atoms. The molecule has 2 aromatic carbocycles. The second-order valence-electron chi connectivity index (χ2n) is 4.85. The van der Waals surface area contributed by atoms with Crippen LogP contribution in [0.2, 0.25) is 0 Å². The van der Waals surface area contributed by atoms with Crippen LogP contribution in [0.3, 0.4) is 0 Å². The van der Waals surface area contributed by atoms with Gasteiger partial charge in [0.15, 0.2) is 11.5 Å². The van der Waals surface area contributed by atoms with E-state index in [1.807, 2.05) is 12.1 Å². The number of hydrogen-bond acceptors (Lipinski definition) is 4. The first-order valence-corrected chi connectivity index (χ1v) is 8.03. The van der Waals surface area contributed by atoms with Gasteiger partial charge in [-0.1, -0.05) is 27.8 Å². The fraction of sp³-hybridized carbons (Fsp3) is 0.167. The molecule has 5 nitrogen and oxygen atoms in total. The number of halogens is 1. The molecule has 6 heteroatoms. The van der Waals surface area contributed by atoms with E-state index in [-0.39, 0.29) is 25.9 Å². The quantitative estimate of drug-likeness (QED) is 0.819. The number of hydrogen-bond donors (Lipinski definition) is 1. The molecule has 0 fully saturated rings. The molecule has 3 rings (SSSR count). The fourth-order valence-corrected chi connectivity index (χ4v) is 2.29. The van der Waals surface area contributed by atoms with E-state index in [0.29, 0.717) is 22.8 Å². The molecule has 1 aliphatic rings. The molecular weight excluding hydrogens is 374 g/mol. The summed E-state index contributed by atoms with van der Waals surface area (Å²) in [4.78, 5) is 11.9. The molecule has 1 amide bonds. The third-order valence-corrected chi connectivity index (χ3v) is 3.75. The van der Waals surface area contributed by atoms with Crippen molar-refractivity contribution in [1.82, 2.24) is 5.32 Å². The zero-order chi connectivity index (χ0) is 16.8. The SMILES string of the molecule is O=C(NCC#CCOc1ccc2c(c1)OCO2)c1ccc(Br)cc1. The first kappa shape index (κ1) is 16.2. The number of carbonyl (C=O) groups is 1. The molecule has 1 aliphatic heterocycles. The first-order valence-electron chi connectivity index (χ1n) is 7.24. The number of benzene rings is 2. The lowest BCUT2D eigenvalue weighted by Gasteiger charge is -2.03. The molecule has 0 unspecified atom stereocenters. The van der Waals surface area contributed by atoms with E-state index < -0.39 is 0 Å². The summed E-state index contributed by atoms with van der Waals surface area (Å²) in [5.41, 5.74) is 0.594. The van der Waals surface area contributed by atoms with Crippen LogP contribution in [-0.4, -0.2) is 25.9 Å². The van der Waals surface area contributed by atoms with Crippen molar-refractivity contribution in [3.05, 3.63) is 52.5 Å². The van der Waals surface area contributed by atoms with Crippen molar-refractivity contribution in [2.24, 2.45) is 0 Å². The van der Waals surface area contributed by atoms with Crippen LogP contribution in [0.5, 0.6) is 17.2 Å². The number of ether oxygens (including phenoxy) is 3. The van der Waals surface area contributed by atoms with Gasteiger partial charge in [-0.05, 0) is 36.4 Å². The van der Waals surface area contributed by atoms with Gasteiger partial charge in [-0.3, -0.25) is 4.79 Å². The summed E-state index contributed by atoms with van der Waals surface area (Å²) < 4.78 is 16.9.